The van der Waals surface area contributed by atoms with E-state index in [1.54, 1.807) is 0 Å². The van der Waals surface area contributed by atoms with Crippen LogP contribution in [-0.4, -0.2) is 17.5 Å². The van der Waals surface area contributed by atoms with Gasteiger partial charge in [-0.2, -0.15) is 0 Å². The lowest BCUT2D eigenvalue weighted by Gasteiger charge is -2.31. The zero-order valence-corrected chi connectivity index (χ0v) is 12.8. The van der Waals surface area contributed by atoms with E-state index in [9.17, 15) is 0 Å². The first kappa shape index (κ1) is 13.3. The lowest BCUT2D eigenvalue weighted by atomic mass is 9.89. The number of hydrogen-bond donors (Lipinski definition) is 1. The molecule has 0 aromatic heterocycles. The van der Waals surface area contributed by atoms with Crippen LogP contribution in [0.5, 0.6) is 0 Å². The summed E-state index contributed by atoms with van der Waals surface area (Å²) in [5.41, 5.74) is 2.63. The Labute approximate surface area is 124 Å². The molecule has 0 unspecified atom stereocenters. The maximum absolute atomic E-state index is 6.24. The molecule has 1 heterocycles. The molecule has 1 N–H and O–H groups in total. The van der Waals surface area contributed by atoms with Crippen molar-refractivity contribution in [2.75, 3.05) is 17.6 Å². The number of benzene rings is 1. The summed E-state index contributed by atoms with van der Waals surface area (Å²) in [6.07, 6.45) is 5.45. The number of halogens is 1. The highest BCUT2D eigenvalue weighted by Crippen LogP contribution is 2.43. The molecule has 0 amide bonds. The Hall–Kier alpha value is -0.670. The molecule has 0 saturated heterocycles. The van der Waals surface area contributed by atoms with Crippen LogP contribution in [0.3, 0.4) is 0 Å². The average Bonchev–Trinajstić information content (AvgIpc) is 2.84. The van der Waals surface area contributed by atoms with Gasteiger partial charge in [-0.05, 0) is 42.9 Å². The lowest BCUT2D eigenvalue weighted by molar-refractivity contribution is 0.359. The van der Waals surface area contributed by atoms with E-state index in [1.807, 2.05) is 30.8 Å². The smallest absolute Gasteiger partial charge is 0.161 e. The predicted octanol–water partition coefficient (Wildman–Crippen LogP) is 4.72. The predicted molar refractivity (Wildman–Crippen MR) is 85.5 cm³/mol. The fraction of sp³-hybridized carbons (Fsp3) is 0.533. The Kier molecular flexibility index (Phi) is 3.77. The Morgan fingerprint density at radius 3 is 2.74 bits per heavy atom. The molecule has 4 heteroatoms. The lowest BCUT2D eigenvalue weighted by Crippen LogP contribution is -2.30. The van der Waals surface area contributed by atoms with Gasteiger partial charge in [0.05, 0.1) is 10.7 Å². The molecular weight excluding hydrogens is 276 g/mol. The van der Waals surface area contributed by atoms with Crippen molar-refractivity contribution in [1.82, 2.24) is 0 Å². The first-order valence-electron chi connectivity index (χ1n) is 6.87. The van der Waals surface area contributed by atoms with Crippen LogP contribution in [0.25, 0.3) is 0 Å². The fourth-order valence-corrected chi connectivity index (χ4v) is 4.34. The summed E-state index contributed by atoms with van der Waals surface area (Å²) in [5.74, 6) is 1.20. The first-order chi connectivity index (χ1) is 9.17. The molecule has 1 fully saturated rings. The zero-order chi connectivity index (χ0) is 13.3. The number of amidine groups is 1. The van der Waals surface area contributed by atoms with Gasteiger partial charge in [0.15, 0.2) is 5.17 Å². The third kappa shape index (κ3) is 2.92. The molecule has 2 aliphatic rings. The highest BCUT2D eigenvalue weighted by Gasteiger charge is 2.36. The number of aliphatic imine (C=N–C) groups is 1. The minimum Gasteiger partial charge on any atom is -0.334 e. The molecule has 1 aromatic rings. The number of anilines is 1. The van der Waals surface area contributed by atoms with Crippen LogP contribution in [0, 0.1) is 12.3 Å². The third-order valence-electron chi connectivity index (χ3n) is 4.10. The summed E-state index contributed by atoms with van der Waals surface area (Å²) in [4.78, 5) is 4.73. The number of thioether (sulfide) groups is 1. The van der Waals surface area contributed by atoms with Crippen LogP contribution in [-0.2, 0) is 0 Å². The van der Waals surface area contributed by atoms with Crippen LogP contribution in [0.4, 0.5) is 5.69 Å². The molecule has 3 rings (SSSR count). The van der Waals surface area contributed by atoms with Crippen LogP contribution >= 0.6 is 23.4 Å². The van der Waals surface area contributed by atoms with Gasteiger partial charge in [-0.1, -0.05) is 42.3 Å². The summed E-state index contributed by atoms with van der Waals surface area (Å²) in [5, 5.41) is 5.15. The van der Waals surface area contributed by atoms with Crippen molar-refractivity contribution in [1.29, 1.82) is 0 Å². The van der Waals surface area contributed by atoms with Crippen LogP contribution < -0.4 is 5.32 Å². The molecule has 1 saturated carbocycles. The van der Waals surface area contributed by atoms with E-state index >= 15 is 0 Å². The monoisotopic (exact) mass is 294 g/mol. The van der Waals surface area contributed by atoms with Crippen molar-refractivity contribution in [3.05, 3.63) is 28.8 Å². The number of aryl methyl sites for hydroxylation is 1. The Morgan fingerprint density at radius 2 is 2.11 bits per heavy atom. The van der Waals surface area contributed by atoms with E-state index in [2.05, 4.69) is 11.4 Å². The molecule has 2 nitrogen and oxygen atoms in total. The van der Waals surface area contributed by atoms with Gasteiger partial charge in [0, 0.05) is 12.3 Å². The number of rotatable bonds is 1. The number of nitrogens with zero attached hydrogens (tertiary/aromatic N) is 1. The van der Waals surface area contributed by atoms with Gasteiger partial charge < -0.3 is 5.32 Å². The summed E-state index contributed by atoms with van der Waals surface area (Å²) in [6, 6.07) is 6.08. The second-order valence-corrected chi connectivity index (χ2v) is 7.10. The van der Waals surface area contributed by atoms with Gasteiger partial charge >= 0.3 is 0 Å². The van der Waals surface area contributed by atoms with E-state index in [4.69, 9.17) is 16.6 Å². The van der Waals surface area contributed by atoms with Gasteiger partial charge in [0.1, 0.15) is 0 Å². The Balaban J connectivity index is 1.69. The molecule has 102 valence electrons. The van der Waals surface area contributed by atoms with Gasteiger partial charge in [0.25, 0.3) is 0 Å². The molecule has 1 aliphatic carbocycles. The summed E-state index contributed by atoms with van der Waals surface area (Å²) in [6.45, 7) is 3.03. The largest absolute Gasteiger partial charge is 0.334 e. The maximum atomic E-state index is 6.24. The zero-order valence-electron chi connectivity index (χ0n) is 11.2. The van der Waals surface area contributed by atoms with Crippen molar-refractivity contribution in [3.8, 4) is 0 Å². The molecule has 0 atom stereocenters. The molecule has 1 aromatic carbocycles. The molecule has 19 heavy (non-hydrogen) atoms. The number of hydrogen-bond acceptors (Lipinski definition) is 3. The van der Waals surface area contributed by atoms with Crippen molar-refractivity contribution in [2.45, 2.75) is 32.6 Å². The van der Waals surface area contributed by atoms with Gasteiger partial charge in [-0.15, -0.1) is 0 Å². The third-order valence-corrected chi connectivity index (χ3v) is 5.68. The summed E-state index contributed by atoms with van der Waals surface area (Å²) < 4.78 is 0. The quantitative estimate of drug-likeness (QED) is 0.810. The van der Waals surface area contributed by atoms with E-state index in [0.717, 1.165) is 22.4 Å². The van der Waals surface area contributed by atoms with E-state index < -0.39 is 0 Å². The first-order valence-corrected chi connectivity index (χ1v) is 8.24. The summed E-state index contributed by atoms with van der Waals surface area (Å²) in [7, 11) is 0. The molecule has 1 spiro atoms. The topological polar surface area (TPSA) is 24.4 Å². The standard InChI is InChI=1S/C15H19ClN2S/c1-11-4-5-13(12(16)8-11)18-14-17-9-15(10-19-14)6-2-3-7-15/h4-5,8H,2-3,6-7,9-10H2,1H3,(H,17,18). The SMILES string of the molecule is Cc1ccc(NC2=NCC3(CCCC3)CS2)c(Cl)c1. The fourth-order valence-electron chi connectivity index (χ4n) is 2.89. The minimum absolute atomic E-state index is 0.493. The van der Waals surface area contributed by atoms with E-state index in [1.165, 1.54) is 37.0 Å². The van der Waals surface area contributed by atoms with Gasteiger partial charge in [0.2, 0.25) is 0 Å². The second kappa shape index (κ2) is 5.37. The van der Waals surface area contributed by atoms with Crippen molar-refractivity contribution < 1.29 is 0 Å². The molecule has 0 bridgehead atoms. The molecular formula is C15H19ClN2S. The highest BCUT2D eigenvalue weighted by atomic mass is 35.5. The minimum atomic E-state index is 0.493. The van der Waals surface area contributed by atoms with E-state index in [0.29, 0.717) is 5.41 Å². The maximum Gasteiger partial charge on any atom is 0.161 e. The number of nitrogens with one attached hydrogen (secondary N) is 1. The van der Waals surface area contributed by atoms with Gasteiger partial charge in [-0.25, -0.2) is 0 Å². The van der Waals surface area contributed by atoms with Crippen molar-refractivity contribution in [2.24, 2.45) is 10.4 Å². The Morgan fingerprint density at radius 1 is 1.32 bits per heavy atom. The van der Waals surface area contributed by atoms with E-state index in [-0.39, 0.29) is 0 Å². The Bertz CT molecular complexity index is 507. The van der Waals surface area contributed by atoms with Crippen molar-refractivity contribution >= 4 is 34.2 Å². The van der Waals surface area contributed by atoms with Gasteiger partial charge in [-0.3, -0.25) is 4.99 Å². The second-order valence-electron chi connectivity index (χ2n) is 5.73. The molecule has 1 aliphatic heterocycles. The van der Waals surface area contributed by atoms with Crippen LogP contribution in [0.1, 0.15) is 31.2 Å². The van der Waals surface area contributed by atoms with Crippen molar-refractivity contribution in [3.63, 3.8) is 0 Å². The average molecular weight is 295 g/mol. The summed E-state index contributed by atoms with van der Waals surface area (Å²) >= 11 is 8.09. The normalized spacial score (nSPS) is 21.5. The van der Waals surface area contributed by atoms with Crippen LogP contribution in [0.15, 0.2) is 23.2 Å². The highest BCUT2D eigenvalue weighted by molar-refractivity contribution is 8.14. The van der Waals surface area contributed by atoms with Crippen LogP contribution in [0.2, 0.25) is 5.02 Å². The molecule has 0 radical (unpaired) electrons.